The van der Waals surface area contributed by atoms with Gasteiger partial charge in [-0.05, 0) is 43.7 Å². The summed E-state index contributed by atoms with van der Waals surface area (Å²) in [4.78, 5) is 23.4. The van der Waals surface area contributed by atoms with Gasteiger partial charge in [0.25, 0.3) is 5.91 Å². The van der Waals surface area contributed by atoms with Gasteiger partial charge in [-0.25, -0.2) is 4.98 Å². The van der Waals surface area contributed by atoms with Gasteiger partial charge in [0.15, 0.2) is 5.69 Å². The fraction of sp³-hybridized carbons (Fsp3) is 0.400. The molecule has 1 aromatic carbocycles. The quantitative estimate of drug-likeness (QED) is 0.446. The lowest BCUT2D eigenvalue weighted by Crippen LogP contribution is -2.32. The molecule has 2 heterocycles. The van der Waals surface area contributed by atoms with Crippen LogP contribution in [0.1, 0.15) is 47.9 Å². The molecule has 1 amide bonds. The van der Waals surface area contributed by atoms with Crippen molar-refractivity contribution in [1.82, 2.24) is 20.2 Å². The summed E-state index contributed by atoms with van der Waals surface area (Å²) in [6, 6.07) is 11.8. The Kier molecular flexibility index (Phi) is 8.83. The highest BCUT2D eigenvalue weighted by atomic mass is 16.5. The second kappa shape index (κ2) is 12.0. The normalized spacial score (nSPS) is 11.9. The zero-order valence-corrected chi connectivity index (χ0v) is 19.7. The molecule has 0 aliphatic carbocycles. The summed E-state index contributed by atoms with van der Waals surface area (Å²) in [6.45, 7) is 5.87. The van der Waals surface area contributed by atoms with E-state index < -0.39 is 0 Å². The number of amides is 1. The molecular formula is C25H32N4O4. The van der Waals surface area contributed by atoms with E-state index in [1.165, 1.54) is 6.26 Å². The summed E-state index contributed by atoms with van der Waals surface area (Å²) < 4.78 is 16.5. The molecule has 3 rings (SSSR count). The van der Waals surface area contributed by atoms with Crippen LogP contribution >= 0.6 is 0 Å². The molecule has 0 saturated carbocycles. The lowest BCUT2D eigenvalue weighted by atomic mass is 10.1. The predicted octanol–water partition coefficient (Wildman–Crippen LogP) is 3.86. The van der Waals surface area contributed by atoms with Gasteiger partial charge in [-0.1, -0.05) is 13.0 Å². The maximum atomic E-state index is 12.5. The summed E-state index contributed by atoms with van der Waals surface area (Å²) in [5.41, 5.74) is 2.21. The highest BCUT2D eigenvalue weighted by Crippen LogP contribution is 2.27. The minimum atomic E-state index is -0.259. The van der Waals surface area contributed by atoms with Crippen LogP contribution in [-0.2, 0) is 19.5 Å². The number of aromatic nitrogens is 2. The molecular weight excluding hydrogens is 420 g/mol. The van der Waals surface area contributed by atoms with Crippen LogP contribution in [0.2, 0.25) is 0 Å². The maximum absolute atomic E-state index is 12.5. The van der Waals surface area contributed by atoms with E-state index in [0.29, 0.717) is 31.9 Å². The molecule has 3 aromatic rings. The molecule has 0 saturated heterocycles. The van der Waals surface area contributed by atoms with Gasteiger partial charge >= 0.3 is 0 Å². The topological polar surface area (TPSA) is 89.7 Å². The molecule has 0 radical (unpaired) electrons. The van der Waals surface area contributed by atoms with E-state index in [2.05, 4.69) is 34.0 Å². The number of rotatable bonds is 12. The molecule has 1 atom stereocenters. The molecule has 33 heavy (non-hydrogen) atoms. The minimum Gasteiger partial charge on any atom is -0.497 e. The number of oxazole rings is 1. The molecule has 176 valence electrons. The Morgan fingerprint density at radius 1 is 1.18 bits per heavy atom. The molecule has 0 spiro atoms. The van der Waals surface area contributed by atoms with Crippen molar-refractivity contribution < 1.29 is 18.7 Å². The van der Waals surface area contributed by atoms with Crippen molar-refractivity contribution in [2.75, 3.05) is 20.8 Å². The van der Waals surface area contributed by atoms with Gasteiger partial charge in [-0.15, -0.1) is 0 Å². The number of hydrogen-bond acceptors (Lipinski definition) is 7. The maximum Gasteiger partial charge on any atom is 0.273 e. The van der Waals surface area contributed by atoms with Crippen LogP contribution in [0.3, 0.4) is 0 Å². The van der Waals surface area contributed by atoms with E-state index in [0.717, 1.165) is 29.2 Å². The number of methoxy groups -OCH3 is 2. The predicted molar refractivity (Wildman–Crippen MR) is 125 cm³/mol. The molecule has 0 bridgehead atoms. The molecule has 8 heteroatoms. The molecule has 0 fully saturated rings. The number of pyridine rings is 1. The highest BCUT2D eigenvalue weighted by Gasteiger charge is 2.20. The number of ether oxygens (including phenoxy) is 2. The van der Waals surface area contributed by atoms with E-state index in [1.54, 1.807) is 20.4 Å². The van der Waals surface area contributed by atoms with Crippen molar-refractivity contribution >= 4 is 5.91 Å². The third-order valence-electron chi connectivity index (χ3n) is 5.59. The molecule has 0 unspecified atom stereocenters. The van der Waals surface area contributed by atoms with Crippen LogP contribution < -0.4 is 14.8 Å². The van der Waals surface area contributed by atoms with Crippen molar-refractivity contribution in [2.24, 2.45) is 0 Å². The third kappa shape index (κ3) is 6.79. The van der Waals surface area contributed by atoms with Crippen molar-refractivity contribution in [3.8, 4) is 11.5 Å². The Bertz CT molecular complexity index is 1020. The summed E-state index contributed by atoms with van der Waals surface area (Å²) >= 11 is 0. The molecule has 1 N–H and O–H groups in total. The van der Waals surface area contributed by atoms with Crippen LogP contribution in [0, 0.1) is 0 Å². The second-order valence-electron chi connectivity index (χ2n) is 7.79. The van der Waals surface area contributed by atoms with Crippen LogP contribution in [0.15, 0.2) is 53.3 Å². The van der Waals surface area contributed by atoms with Gasteiger partial charge in [-0.3, -0.25) is 14.7 Å². The van der Waals surface area contributed by atoms with E-state index in [1.807, 2.05) is 36.4 Å². The monoisotopic (exact) mass is 452 g/mol. The van der Waals surface area contributed by atoms with Crippen molar-refractivity contribution in [3.63, 3.8) is 0 Å². The van der Waals surface area contributed by atoms with Crippen molar-refractivity contribution in [3.05, 3.63) is 71.7 Å². The van der Waals surface area contributed by atoms with Crippen LogP contribution in [0.5, 0.6) is 11.5 Å². The second-order valence-corrected chi connectivity index (χ2v) is 7.79. The largest absolute Gasteiger partial charge is 0.497 e. The summed E-state index contributed by atoms with van der Waals surface area (Å²) in [5, 5.41) is 2.87. The van der Waals surface area contributed by atoms with Crippen molar-refractivity contribution in [2.45, 2.75) is 45.8 Å². The molecule has 8 nitrogen and oxygen atoms in total. The van der Waals surface area contributed by atoms with Crippen LogP contribution in [0.25, 0.3) is 0 Å². The fourth-order valence-corrected chi connectivity index (χ4v) is 3.45. The lowest BCUT2D eigenvalue weighted by Gasteiger charge is -2.28. The van der Waals surface area contributed by atoms with Gasteiger partial charge in [0.1, 0.15) is 17.8 Å². The zero-order valence-electron chi connectivity index (χ0n) is 19.7. The Morgan fingerprint density at radius 2 is 2.03 bits per heavy atom. The number of carbonyl (C=O) groups excluding carboxylic acids is 1. The fourth-order valence-electron chi connectivity index (χ4n) is 3.45. The Balaban J connectivity index is 1.64. The van der Waals surface area contributed by atoms with Crippen molar-refractivity contribution in [1.29, 1.82) is 0 Å². The Hall–Kier alpha value is -3.39. The first kappa shape index (κ1) is 24.3. The molecule has 0 aliphatic rings. The standard InChI is InChI=1S/C25H32N4O4/c1-5-18(2)29(15-19-14-21(31-3)9-10-23(19)32-4)16-24-28-22(17-33-24)25(30)27-13-11-20-8-6-7-12-26-20/h6-10,12,14,17-18H,5,11,13,15-16H2,1-4H3,(H,27,30)/t18-/m1/s1. The average molecular weight is 453 g/mol. The van der Waals surface area contributed by atoms with Crippen LogP contribution in [-0.4, -0.2) is 47.6 Å². The van der Waals surface area contributed by atoms with E-state index >= 15 is 0 Å². The molecule has 0 aliphatic heterocycles. The Labute approximate surface area is 194 Å². The average Bonchev–Trinajstić information content (AvgIpc) is 3.32. The van der Waals surface area contributed by atoms with Gasteiger partial charge < -0.3 is 19.2 Å². The first-order chi connectivity index (χ1) is 16.0. The number of carbonyl (C=O) groups is 1. The van der Waals surface area contributed by atoms with Gasteiger partial charge in [0, 0.05) is 43.0 Å². The number of benzene rings is 1. The number of nitrogens with one attached hydrogen (secondary N) is 1. The molecule has 2 aromatic heterocycles. The Morgan fingerprint density at radius 3 is 2.73 bits per heavy atom. The van der Waals surface area contributed by atoms with E-state index in [9.17, 15) is 4.79 Å². The van der Waals surface area contributed by atoms with Crippen LogP contribution in [0.4, 0.5) is 0 Å². The van der Waals surface area contributed by atoms with E-state index in [-0.39, 0.29) is 17.6 Å². The number of hydrogen-bond donors (Lipinski definition) is 1. The van der Waals surface area contributed by atoms with Gasteiger partial charge in [0.05, 0.1) is 20.8 Å². The highest BCUT2D eigenvalue weighted by molar-refractivity contribution is 5.91. The summed E-state index contributed by atoms with van der Waals surface area (Å²) in [7, 11) is 3.31. The zero-order chi connectivity index (χ0) is 23.6. The third-order valence-corrected chi connectivity index (χ3v) is 5.59. The summed E-state index contributed by atoms with van der Waals surface area (Å²) in [6.07, 6.45) is 4.76. The lowest BCUT2D eigenvalue weighted by molar-refractivity contribution is 0.0949. The SMILES string of the molecule is CC[C@@H](C)N(Cc1nc(C(=O)NCCc2ccccn2)co1)Cc1cc(OC)ccc1OC. The summed E-state index contributed by atoms with van der Waals surface area (Å²) in [5.74, 6) is 1.80. The first-order valence-electron chi connectivity index (χ1n) is 11.1. The van der Waals surface area contributed by atoms with Gasteiger partial charge in [0.2, 0.25) is 5.89 Å². The van der Waals surface area contributed by atoms with Gasteiger partial charge in [-0.2, -0.15) is 0 Å². The van der Waals surface area contributed by atoms with E-state index in [4.69, 9.17) is 13.9 Å². The first-order valence-corrected chi connectivity index (χ1v) is 11.1. The minimum absolute atomic E-state index is 0.259. The number of nitrogens with zero attached hydrogens (tertiary/aromatic N) is 3. The smallest absolute Gasteiger partial charge is 0.273 e.